The number of rotatable bonds is 9. The standard InChI is InChI=1S/C19H41N5/c1-17(2)9-6-10-18(3)22-19(20-4)21-11-7-13-24-14-8-12-23(5)15-16-24/h17-18H,6-16H2,1-5H3,(H2,20,21,22). The highest BCUT2D eigenvalue weighted by molar-refractivity contribution is 5.79. The van der Waals surface area contributed by atoms with Crippen molar-refractivity contribution in [2.45, 2.75) is 58.9 Å². The molecule has 0 bridgehead atoms. The smallest absolute Gasteiger partial charge is 0.191 e. The predicted molar refractivity (Wildman–Crippen MR) is 106 cm³/mol. The molecule has 1 fully saturated rings. The molecule has 2 N–H and O–H groups in total. The van der Waals surface area contributed by atoms with Gasteiger partial charge in [0.15, 0.2) is 5.96 Å². The Morgan fingerprint density at radius 1 is 1.04 bits per heavy atom. The monoisotopic (exact) mass is 339 g/mol. The molecule has 1 unspecified atom stereocenters. The Morgan fingerprint density at radius 3 is 2.54 bits per heavy atom. The Balaban J connectivity index is 2.13. The minimum absolute atomic E-state index is 0.482. The average molecular weight is 340 g/mol. The van der Waals surface area contributed by atoms with E-state index in [2.05, 4.69) is 53.2 Å². The molecule has 1 rings (SSSR count). The maximum absolute atomic E-state index is 4.35. The minimum atomic E-state index is 0.482. The number of nitrogens with zero attached hydrogens (tertiary/aromatic N) is 3. The number of hydrogen-bond donors (Lipinski definition) is 2. The molecule has 5 nitrogen and oxygen atoms in total. The number of guanidine groups is 1. The third-order valence-corrected chi connectivity index (χ3v) is 4.78. The topological polar surface area (TPSA) is 42.9 Å². The number of nitrogens with one attached hydrogen (secondary N) is 2. The lowest BCUT2D eigenvalue weighted by molar-refractivity contribution is 0.274. The van der Waals surface area contributed by atoms with E-state index >= 15 is 0 Å². The number of aliphatic imine (C=N–C) groups is 1. The van der Waals surface area contributed by atoms with Crippen LogP contribution in [-0.2, 0) is 0 Å². The molecule has 0 radical (unpaired) electrons. The second-order valence-corrected chi connectivity index (χ2v) is 7.72. The fourth-order valence-electron chi connectivity index (χ4n) is 3.17. The molecule has 1 aliphatic rings. The van der Waals surface area contributed by atoms with Gasteiger partial charge in [-0.3, -0.25) is 4.99 Å². The molecule has 1 heterocycles. The second-order valence-electron chi connectivity index (χ2n) is 7.72. The third-order valence-electron chi connectivity index (χ3n) is 4.78. The quantitative estimate of drug-likeness (QED) is 0.385. The van der Waals surface area contributed by atoms with Gasteiger partial charge < -0.3 is 20.4 Å². The van der Waals surface area contributed by atoms with Crippen molar-refractivity contribution < 1.29 is 0 Å². The molecule has 5 heteroatoms. The first-order valence-corrected chi connectivity index (χ1v) is 9.89. The average Bonchev–Trinajstić information content (AvgIpc) is 2.74. The highest BCUT2D eigenvalue weighted by Crippen LogP contribution is 2.08. The normalized spacial score (nSPS) is 19.3. The van der Waals surface area contributed by atoms with E-state index in [9.17, 15) is 0 Å². The molecule has 24 heavy (non-hydrogen) atoms. The molecule has 1 atom stereocenters. The maximum Gasteiger partial charge on any atom is 0.191 e. The second kappa shape index (κ2) is 12.5. The van der Waals surface area contributed by atoms with Gasteiger partial charge in [0.25, 0.3) is 0 Å². The van der Waals surface area contributed by atoms with Gasteiger partial charge in [0, 0.05) is 32.7 Å². The molecule has 0 amide bonds. The predicted octanol–water partition coefficient (Wildman–Crippen LogP) is 2.39. The van der Waals surface area contributed by atoms with Gasteiger partial charge in [-0.1, -0.05) is 26.7 Å². The van der Waals surface area contributed by atoms with Crippen LogP contribution in [0.5, 0.6) is 0 Å². The summed E-state index contributed by atoms with van der Waals surface area (Å²) >= 11 is 0. The first-order chi connectivity index (χ1) is 11.5. The van der Waals surface area contributed by atoms with Crippen LogP contribution in [0.2, 0.25) is 0 Å². The van der Waals surface area contributed by atoms with Crippen LogP contribution < -0.4 is 10.6 Å². The molecule has 0 aromatic carbocycles. The summed E-state index contributed by atoms with van der Waals surface area (Å²) < 4.78 is 0. The van der Waals surface area contributed by atoms with Crippen molar-refractivity contribution in [3.63, 3.8) is 0 Å². The van der Waals surface area contributed by atoms with Gasteiger partial charge in [-0.2, -0.15) is 0 Å². The van der Waals surface area contributed by atoms with Crippen LogP contribution in [0.1, 0.15) is 52.9 Å². The number of likely N-dealkylation sites (N-methyl/N-ethyl adjacent to an activating group) is 1. The van der Waals surface area contributed by atoms with E-state index in [1.807, 2.05) is 7.05 Å². The van der Waals surface area contributed by atoms with Crippen LogP contribution in [0.4, 0.5) is 0 Å². The first kappa shape index (κ1) is 21.2. The van der Waals surface area contributed by atoms with Crippen LogP contribution in [-0.4, -0.2) is 75.2 Å². The molecular formula is C19H41N5. The van der Waals surface area contributed by atoms with Gasteiger partial charge in [-0.15, -0.1) is 0 Å². The summed E-state index contributed by atoms with van der Waals surface area (Å²) in [5.74, 6) is 1.75. The van der Waals surface area contributed by atoms with Crippen molar-refractivity contribution in [2.75, 3.05) is 53.4 Å². The van der Waals surface area contributed by atoms with E-state index in [4.69, 9.17) is 0 Å². The summed E-state index contributed by atoms with van der Waals surface area (Å²) in [4.78, 5) is 9.38. The Hall–Kier alpha value is -0.810. The van der Waals surface area contributed by atoms with E-state index in [1.165, 1.54) is 64.8 Å². The molecule has 0 spiro atoms. The summed E-state index contributed by atoms with van der Waals surface area (Å²) in [6, 6.07) is 0.482. The fraction of sp³-hybridized carbons (Fsp3) is 0.947. The van der Waals surface area contributed by atoms with Gasteiger partial charge in [0.1, 0.15) is 0 Å². The van der Waals surface area contributed by atoms with Gasteiger partial charge in [-0.25, -0.2) is 0 Å². The lowest BCUT2D eigenvalue weighted by Crippen LogP contribution is -2.43. The van der Waals surface area contributed by atoms with Gasteiger partial charge in [0.05, 0.1) is 0 Å². The Morgan fingerprint density at radius 2 is 1.83 bits per heavy atom. The third kappa shape index (κ3) is 10.1. The zero-order chi connectivity index (χ0) is 17.8. The number of hydrogen-bond acceptors (Lipinski definition) is 3. The summed E-state index contributed by atoms with van der Waals surface area (Å²) in [7, 11) is 4.09. The van der Waals surface area contributed by atoms with Crippen molar-refractivity contribution in [1.29, 1.82) is 0 Å². The lowest BCUT2D eigenvalue weighted by atomic mass is 10.0. The Labute approximate surface area is 150 Å². The lowest BCUT2D eigenvalue weighted by Gasteiger charge is -2.21. The van der Waals surface area contributed by atoms with Crippen LogP contribution in [0.3, 0.4) is 0 Å². The Kier molecular flexibility index (Phi) is 11.1. The largest absolute Gasteiger partial charge is 0.356 e. The van der Waals surface area contributed by atoms with Crippen molar-refractivity contribution in [3.8, 4) is 0 Å². The van der Waals surface area contributed by atoms with Crippen LogP contribution in [0, 0.1) is 5.92 Å². The summed E-state index contributed by atoms with van der Waals surface area (Å²) in [5.41, 5.74) is 0. The molecule has 142 valence electrons. The fourth-order valence-corrected chi connectivity index (χ4v) is 3.17. The molecule has 1 aliphatic heterocycles. The summed E-state index contributed by atoms with van der Waals surface area (Å²) in [6.07, 6.45) is 6.27. The summed E-state index contributed by atoms with van der Waals surface area (Å²) in [5, 5.41) is 6.98. The van der Waals surface area contributed by atoms with E-state index < -0.39 is 0 Å². The van der Waals surface area contributed by atoms with E-state index in [-0.39, 0.29) is 0 Å². The van der Waals surface area contributed by atoms with E-state index in [0.29, 0.717) is 6.04 Å². The molecular weight excluding hydrogens is 298 g/mol. The maximum atomic E-state index is 4.35. The minimum Gasteiger partial charge on any atom is -0.356 e. The molecule has 0 aromatic heterocycles. The molecule has 0 aliphatic carbocycles. The van der Waals surface area contributed by atoms with Crippen molar-refractivity contribution in [3.05, 3.63) is 0 Å². The van der Waals surface area contributed by atoms with Gasteiger partial charge in [-0.05, 0) is 58.8 Å². The van der Waals surface area contributed by atoms with Crippen LogP contribution in [0.15, 0.2) is 4.99 Å². The zero-order valence-corrected chi connectivity index (χ0v) is 16.8. The van der Waals surface area contributed by atoms with Gasteiger partial charge >= 0.3 is 0 Å². The van der Waals surface area contributed by atoms with Crippen LogP contribution >= 0.6 is 0 Å². The highest BCUT2D eigenvalue weighted by Gasteiger charge is 2.11. The first-order valence-electron chi connectivity index (χ1n) is 9.89. The summed E-state index contributed by atoms with van der Waals surface area (Å²) in [6.45, 7) is 13.9. The van der Waals surface area contributed by atoms with Gasteiger partial charge in [0.2, 0.25) is 0 Å². The highest BCUT2D eigenvalue weighted by atomic mass is 15.2. The molecule has 1 saturated heterocycles. The van der Waals surface area contributed by atoms with E-state index in [0.717, 1.165) is 18.4 Å². The van der Waals surface area contributed by atoms with Crippen molar-refractivity contribution >= 4 is 5.96 Å². The van der Waals surface area contributed by atoms with Crippen molar-refractivity contribution in [1.82, 2.24) is 20.4 Å². The van der Waals surface area contributed by atoms with Crippen molar-refractivity contribution in [2.24, 2.45) is 10.9 Å². The Bertz CT molecular complexity index is 343. The molecule has 0 saturated carbocycles. The van der Waals surface area contributed by atoms with Crippen LogP contribution in [0.25, 0.3) is 0 Å². The SMILES string of the molecule is CN=C(NCCCN1CCCN(C)CC1)NC(C)CCCC(C)C. The zero-order valence-electron chi connectivity index (χ0n) is 16.8. The van der Waals surface area contributed by atoms with E-state index in [1.54, 1.807) is 0 Å². The molecule has 0 aromatic rings.